The third-order valence-corrected chi connectivity index (χ3v) is 24.7. The van der Waals surface area contributed by atoms with Gasteiger partial charge in [0.1, 0.15) is 30.2 Å². The summed E-state index contributed by atoms with van der Waals surface area (Å²) in [7, 11) is -5.06. The molecule has 1 aromatic carbocycles. The second-order valence-corrected chi connectivity index (χ2v) is 32.3. The van der Waals surface area contributed by atoms with Crippen molar-refractivity contribution in [3.8, 4) is 0 Å². The molecule has 1 radical (unpaired) electrons. The minimum atomic E-state index is -5.06. The van der Waals surface area contributed by atoms with Crippen LogP contribution in [0.4, 0.5) is 5.82 Å². The number of benzene rings is 1. The molecule has 10 rings (SSSR count). The Morgan fingerprint density at radius 2 is 1.36 bits per heavy atom. The van der Waals surface area contributed by atoms with E-state index in [-0.39, 0.29) is 94.0 Å². The first-order valence-electron chi connectivity index (χ1n) is 35.9. The molecule has 4 unspecified atom stereocenters. The number of amides is 7. The van der Waals surface area contributed by atoms with E-state index in [2.05, 4.69) is 32.2 Å². The molecule has 18 N–H and O–H groups in total. The maximum Gasteiger partial charge on any atom is 0.472 e. The number of aromatic nitrogens is 6. The van der Waals surface area contributed by atoms with Gasteiger partial charge in [0.2, 0.25) is 41.4 Å². The molecule has 9 heterocycles. The Labute approximate surface area is 628 Å². The van der Waals surface area contributed by atoms with Crippen molar-refractivity contribution < 1.29 is 83.8 Å². The van der Waals surface area contributed by atoms with Crippen LogP contribution in [0.2, 0.25) is 0 Å². The van der Waals surface area contributed by atoms with Gasteiger partial charge in [0.25, 0.3) is 0 Å². The summed E-state index contributed by atoms with van der Waals surface area (Å²) in [6.45, 7) is 24.2. The number of rotatable bonds is 30. The number of nitrogens with one attached hydrogen (secondary N) is 1. The van der Waals surface area contributed by atoms with Gasteiger partial charge in [-0.05, 0) is 135 Å². The molecule has 6 aliphatic heterocycles. The minimum absolute atomic E-state index is 0. The van der Waals surface area contributed by atoms with Crippen molar-refractivity contribution in [1.82, 2.24) is 34.4 Å². The van der Waals surface area contributed by atoms with Gasteiger partial charge in [-0.3, -0.25) is 42.6 Å². The van der Waals surface area contributed by atoms with Crippen LogP contribution in [0.1, 0.15) is 170 Å². The number of phosphoric acid groups is 1. The number of nitrogens with two attached hydrogens (primary N) is 7. The maximum absolute atomic E-state index is 14.4. The summed E-state index contributed by atoms with van der Waals surface area (Å²) in [6.07, 6.45) is 2.43. The number of unbranched alkanes of at least 4 members (excludes halogenated alkanes) is 2. The molecule has 3 aromatic heterocycles. The molecule has 0 spiro atoms. The number of phosphoric ester groups is 1. The fraction of sp³-hybridized carbons (Fsp3) is 0.639. The maximum atomic E-state index is 14.4. The summed E-state index contributed by atoms with van der Waals surface area (Å²) in [5.74, 6) is -6.42. The van der Waals surface area contributed by atoms with Crippen LogP contribution >= 0.6 is 7.82 Å². The predicted molar refractivity (Wildman–Crippen MR) is 392 cm³/mol. The van der Waals surface area contributed by atoms with Crippen molar-refractivity contribution in [1.29, 1.82) is 0 Å². The van der Waals surface area contributed by atoms with Crippen LogP contribution < -0.4 is 45.5 Å². The van der Waals surface area contributed by atoms with Gasteiger partial charge >= 0.3 is 7.82 Å². The van der Waals surface area contributed by atoms with E-state index in [1.165, 1.54) is 19.6 Å². The first-order valence-corrected chi connectivity index (χ1v) is 37.4. The molecule has 8 bridgehead atoms. The Hall–Kier alpha value is -7.59. The first kappa shape index (κ1) is 84.0. The van der Waals surface area contributed by atoms with Crippen molar-refractivity contribution in [2.24, 2.45) is 79.7 Å². The quantitative estimate of drug-likeness (QED) is 0.0156. The van der Waals surface area contributed by atoms with Gasteiger partial charge in [0.15, 0.2) is 17.7 Å². The Morgan fingerprint density at radius 1 is 0.745 bits per heavy atom. The fourth-order valence-electron chi connectivity index (χ4n) is 17.6. The Balaban J connectivity index is 0.000000783. The normalized spacial score (nSPS) is 32.7. The number of primary amides is 6. The number of imidazole rings is 2. The average molecular weight is 1540 g/mol. The number of ether oxygens (including phenoxy) is 1. The van der Waals surface area contributed by atoms with Gasteiger partial charge in [0, 0.05) is 74.8 Å². The number of aliphatic hydroxyl groups excluding tert-OH is 2. The van der Waals surface area contributed by atoms with E-state index in [1.807, 2.05) is 92.0 Å². The first-order chi connectivity index (χ1) is 49.2. The topological polar surface area (TPSA) is 537 Å². The smallest absolute Gasteiger partial charge is 0.472 e. The molecule has 5 fully saturated rings. The standard InChI is InChI=1S/C62H92N13O14P.C10H14N5.Co/c1-29-20-39-40(21-30(29)2)75(28-70-39)57-52(84)53(41(27-76)87-57)89-90(85,86)88-31(3)26-69-49(83)18-19-59(8)37(22-46(66)80)56-62(11)61(10,25-48(68)82)36(14-17-45(65)79)51(74-62)33(5)55-60(9,24-47(67)81)34(12-15-43(63)77)38(71-55)23-42-58(6,7)35(13-16-44(64)78)50(72-42)32(4)54(59)73-56;1-2-3-4-5-15-7-14-8-9(11)12-6-13-10(8)15;/h20-21,23,28,31,34-38,41,50-53,56-57,76,84H,12-19,22,24-27H2,1-11H3,(H2,63,77)(H2,64,78)(H2,65,79)(H2,66,80)(H2,67,81)(H2,68,82)(H,69,83)(H,85,86);6-7H,1-5H2,(H2,11,12,13);/q-4;-1;/b42-23-,54-32-,55-33-;;/t31-,34-,35-,36-,37+,38?,41-,50?,51?,52-,53-,56-,57+,59-,60+,61+,62+;;/m1../s1. The number of fused-ring (bicyclic) bond motifs is 11. The van der Waals surface area contributed by atoms with E-state index < -0.39 is 161 Å². The summed E-state index contributed by atoms with van der Waals surface area (Å²) in [5.41, 5.74) is 43.4. The Bertz CT molecular complexity index is 4130. The van der Waals surface area contributed by atoms with Crippen molar-refractivity contribution in [3.63, 3.8) is 0 Å². The van der Waals surface area contributed by atoms with Crippen LogP contribution in [0.25, 0.3) is 43.5 Å². The number of nitrogens with zero attached hydrogens (tertiary/aromatic N) is 10. The molecule has 106 heavy (non-hydrogen) atoms. The molecule has 7 amide bonds. The zero-order chi connectivity index (χ0) is 77.4. The molecule has 5 saturated heterocycles. The number of allylic oxidation sites excluding steroid dienone is 3. The van der Waals surface area contributed by atoms with Gasteiger partial charge in [-0.1, -0.05) is 60.0 Å². The third-order valence-electron chi connectivity index (χ3n) is 23.5. The number of carbonyl (C=O) groups is 7. The summed E-state index contributed by atoms with van der Waals surface area (Å²) in [6, 6.07) is 0.417. The van der Waals surface area contributed by atoms with E-state index in [4.69, 9.17) is 75.2 Å². The zero-order valence-corrected chi connectivity index (χ0v) is 64.3. The van der Waals surface area contributed by atoms with Crippen molar-refractivity contribution in [3.05, 3.63) is 105 Å². The van der Waals surface area contributed by atoms with Crippen molar-refractivity contribution >= 4 is 77.2 Å². The van der Waals surface area contributed by atoms with Gasteiger partial charge in [-0.15, -0.1) is 34.8 Å². The number of nitrogen functional groups attached to an aromatic ring is 1. The second-order valence-electron chi connectivity index (χ2n) is 31.0. The summed E-state index contributed by atoms with van der Waals surface area (Å²) >= 11 is 0. The summed E-state index contributed by atoms with van der Waals surface area (Å²) in [5, 5.41) is 46.9. The van der Waals surface area contributed by atoms with Crippen LogP contribution in [-0.2, 0) is 75.2 Å². The molecule has 18 atom stereocenters. The van der Waals surface area contributed by atoms with E-state index in [0.29, 0.717) is 50.6 Å². The third kappa shape index (κ3) is 17.0. The van der Waals surface area contributed by atoms with Gasteiger partial charge in [-0.25, -0.2) is 24.5 Å². The number of carbonyl (C=O) groups excluding carboxylic acids is 7. The van der Waals surface area contributed by atoms with Crippen molar-refractivity contribution in [2.45, 2.75) is 233 Å². The van der Waals surface area contributed by atoms with Gasteiger partial charge in [-0.2, -0.15) is 23.5 Å². The van der Waals surface area contributed by atoms with Crippen molar-refractivity contribution in [2.75, 3.05) is 18.9 Å². The van der Waals surface area contributed by atoms with E-state index in [0.717, 1.165) is 42.6 Å². The molecular weight excluding hydrogens is 1430 g/mol. The molecule has 4 aromatic rings. The molecule has 0 aliphatic carbocycles. The number of anilines is 1. The molecule has 0 saturated carbocycles. The summed E-state index contributed by atoms with van der Waals surface area (Å²) in [4.78, 5) is 121. The van der Waals surface area contributed by atoms with Gasteiger partial charge < -0.3 is 103 Å². The van der Waals surface area contributed by atoms with Crippen LogP contribution in [0.5, 0.6) is 0 Å². The number of hydrogen-bond acceptors (Lipinski definition) is 18. The van der Waals surface area contributed by atoms with Gasteiger partial charge in [0.05, 0.1) is 36.4 Å². The summed E-state index contributed by atoms with van der Waals surface area (Å²) < 4.78 is 34.3. The average Bonchev–Trinajstić information content (AvgIpc) is 1.53. The molecular formula is C72H106CoN18O14P-5. The largest absolute Gasteiger partial charge is 0.685 e. The van der Waals surface area contributed by atoms with Crippen LogP contribution in [0.15, 0.2) is 65.4 Å². The van der Waals surface area contributed by atoms with Crippen LogP contribution in [-0.4, -0.2) is 153 Å². The monoisotopic (exact) mass is 1540 g/mol. The molecule has 6 aliphatic rings. The zero-order valence-electron chi connectivity index (χ0n) is 62.3. The fourth-order valence-corrected chi connectivity index (χ4v) is 18.8. The Morgan fingerprint density at radius 3 is 1.97 bits per heavy atom. The minimum Gasteiger partial charge on any atom is -0.685 e. The van der Waals surface area contributed by atoms with Crippen LogP contribution in [0.3, 0.4) is 0 Å². The molecule has 32 nitrogen and oxygen atoms in total. The SMILES string of the molecule is C/C1=C2/[N-][C@H]([C@H](CC(N)=O)[C@@]2(C)CCC(=O)NC[C@@H](C)OP(=O)(O)O[C@H]2[C@@H](O)[C@@H](n3cnc4cc(C)c(C)cc43)O[C@@H]2CO)[C@]2(C)[N-]C(/C(C)=C3\[N-]C(/C=C4\[N-]C1[C@@H](CCC(N)=O)C4(C)C)[C@@H](CCC(N)=O)[C@]3(C)CC(N)=O)[C@@H](CCC(N)=O)[C@]2(C)CC(N)=O.[CH2-]CCCCn1cnc2c(N)ncnc21.[Co]. The van der Waals surface area contributed by atoms with E-state index in [1.54, 1.807) is 10.9 Å². The van der Waals surface area contributed by atoms with E-state index in [9.17, 15) is 53.2 Å². The number of hydrogen-bond donors (Lipinski definition) is 11. The number of aryl methyl sites for hydroxylation is 3. The molecule has 34 heteroatoms. The predicted octanol–water partition coefficient (Wildman–Crippen LogP) is 6.26. The van der Waals surface area contributed by atoms with Crippen LogP contribution in [0, 0.1) is 66.1 Å². The molecule has 587 valence electrons. The number of aliphatic hydroxyl groups is 2. The Kier molecular flexibility index (Phi) is 26.2. The second kappa shape index (κ2) is 33.1. The van der Waals surface area contributed by atoms with E-state index >= 15 is 0 Å².